The van der Waals surface area contributed by atoms with Crippen molar-refractivity contribution >= 4 is 23.4 Å². The molecule has 5 nitrogen and oxygen atoms in total. The van der Waals surface area contributed by atoms with E-state index in [4.69, 9.17) is 4.52 Å². The Balaban J connectivity index is 1.91. The molecule has 0 radical (unpaired) electrons. The second-order valence-electron chi connectivity index (χ2n) is 5.38. The van der Waals surface area contributed by atoms with Gasteiger partial charge in [0.25, 0.3) is 0 Å². The summed E-state index contributed by atoms with van der Waals surface area (Å²) in [5.74, 6) is 1.91. The summed E-state index contributed by atoms with van der Waals surface area (Å²) in [6.45, 7) is 9.64. The van der Waals surface area contributed by atoms with Crippen molar-refractivity contribution in [1.29, 1.82) is 0 Å². The molecular weight excluding hydrogens is 298 g/mol. The van der Waals surface area contributed by atoms with Crippen molar-refractivity contribution in [3.63, 3.8) is 0 Å². The average molecular weight is 319 g/mol. The fraction of sp³-hybridized carbons (Fsp3) is 0.438. The van der Waals surface area contributed by atoms with Crippen LogP contribution in [0.15, 0.2) is 10.6 Å². The number of aryl methyl sites for hydroxylation is 5. The summed E-state index contributed by atoms with van der Waals surface area (Å²) in [7, 11) is 0. The van der Waals surface area contributed by atoms with Crippen LogP contribution in [0.2, 0.25) is 0 Å². The van der Waals surface area contributed by atoms with Crippen LogP contribution in [0, 0.1) is 34.6 Å². The van der Waals surface area contributed by atoms with Crippen molar-refractivity contribution in [2.45, 2.75) is 40.4 Å². The van der Waals surface area contributed by atoms with Crippen molar-refractivity contribution in [3.05, 3.63) is 40.0 Å². The number of hydrogen-bond acceptors (Lipinski definition) is 5. The minimum atomic E-state index is -0.0198. The van der Waals surface area contributed by atoms with E-state index in [-0.39, 0.29) is 5.91 Å². The zero-order chi connectivity index (χ0) is 16.3. The zero-order valence-electron chi connectivity index (χ0n) is 13.6. The quantitative estimate of drug-likeness (QED) is 0.913. The fourth-order valence-electron chi connectivity index (χ4n) is 2.34. The van der Waals surface area contributed by atoms with Gasteiger partial charge in [0.05, 0.1) is 22.8 Å². The molecule has 0 aliphatic heterocycles. The van der Waals surface area contributed by atoms with Crippen LogP contribution in [-0.4, -0.2) is 21.8 Å². The lowest BCUT2D eigenvalue weighted by molar-refractivity contribution is -0.113. The Morgan fingerprint density at radius 1 is 1.23 bits per heavy atom. The molecule has 0 unspecified atom stereocenters. The maximum absolute atomic E-state index is 12.1. The van der Waals surface area contributed by atoms with Gasteiger partial charge in [-0.1, -0.05) is 5.16 Å². The first kappa shape index (κ1) is 16.5. The Hall–Kier alpha value is -1.82. The molecule has 0 saturated carbocycles. The van der Waals surface area contributed by atoms with Crippen LogP contribution in [0.25, 0.3) is 0 Å². The smallest absolute Gasteiger partial charge is 0.234 e. The predicted octanol–water partition coefficient (Wildman–Crippen LogP) is 3.48. The standard InChI is InChI=1S/C16H21N3O2S/c1-9-6-10(2)17-12(4)16(9)18-15(20)8-22-7-14-11(3)19-21-13(14)5/h6H,7-8H2,1-5H3,(H,18,20). The third-order valence-corrected chi connectivity index (χ3v) is 4.41. The molecule has 0 bridgehead atoms. The first-order valence-corrected chi connectivity index (χ1v) is 8.28. The minimum Gasteiger partial charge on any atom is -0.361 e. The second kappa shape index (κ2) is 6.96. The van der Waals surface area contributed by atoms with Crippen LogP contribution >= 0.6 is 11.8 Å². The SMILES string of the molecule is Cc1cc(C)c(NC(=O)CSCc2c(C)noc2C)c(C)n1. The molecule has 2 aromatic heterocycles. The fourth-order valence-corrected chi connectivity index (χ4v) is 3.32. The molecule has 0 fully saturated rings. The number of nitrogens with zero attached hydrogens (tertiary/aromatic N) is 2. The summed E-state index contributed by atoms with van der Waals surface area (Å²) in [5, 5.41) is 6.87. The van der Waals surface area contributed by atoms with E-state index in [1.54, 1.807) is 11.8 Å². The highest BCUT2D eigenvalue weighted by atomic mass is 32.2. The van der Waals surface area contributed by atoms with Gasteiger partial charge in [-0.2, -0.15) is 0 Å². The molecule has 0 aliphatic carbocycles. The monoisotopic (exact) mass is 319 g/mol. The van der Waals surface area contributed by atoms with Gasteiger partial charge in [-0.05, 0) is 46.2 Å². The van der Waals surface area contributed by atoms with Gasteiger partial charge in [-0.3, -0.25) is 9.78 Å². The first-order valence-electron chi connectivity index (χ1n) is 7.12. The number of aromatic nitrogens is 2. The molecule has 6 heteroatoms. The van der Waals surface area contributed by atoms with E-state index in [9.17, 15) is 4.79 Å². The first-order chi connectivity index (χ1) is 10.4. The molecule has 22 heavy (non-hydrogen) atoms. The molecule has 0 atom stereocenters. The maximum Gasteiger partial charge on any atom is 0.234 e. The van der Waals surface area contributed by atoms with Gasteiger partial charge in [-0.25, -0.2) is 0 Å². The molecular formula is C16H21N3O2S. The van der Waals surface area contributed by atoms with Gasteiger partial charge in [0.2, 0.25) is 5.91 Å². The van der Waals surface area contributed by atoms with Crippen LogP contribution in [0.4, 0.5) is 5.69 Å². The van der Waals surface area contributed by atoms with Gasteiger partial charge >= 0.3 is 0 Å². The number of carbonyl (C=O) groups is 1. The Kier molecular flexibility index (Phi) is 5.24. The molecule has 0 spiro atoms. The van der Waals surface area contributed by atoms with Crippen LogP contribution < -0.4 is 5.32 Å². The highest BCUT2D eigenvalue weighted by Crippen LogP contribution is 2.21. The summed E-state index contributed by atoms with van der Waals surface area (Å²) >= 11 is 1.55. The van der Waals surface area contributed by atoms with Crippen LogP contribution in [0.3, 0.4) is 0 Å². The lowest BCUT2D eigenvalue weighted by atomic mass is 10.1. The van der Waals surface area contributed by atoms with Crippen molar-refractivity contribution in [2.75, 3.05) is 11.1 Å². The molecule has 1 amide bonds. The van der Waals surface area contributed by atoms with Gasteiger partial charge in [0.1, 0.15) is 5.76 Å². The number of anilines is 1. The molecule has 0 aromatic carbocycles. The minimum absolute atomic E-state index is 0.0198. The number of amides is 1. The Labute approximate surface area is 134 Å². The number of rotatable bonds is 5. The van der Waals surface area contributed by atoms with Gasteiger partial charge in [0.15, 0.2) is 0 Å². The van der Waals surface area contributed by atoms with Crippen molar-refractivity contribution in [3.8, 4) is 0 Å². The number of hydrogen-bond donors (Lipinski definition) is 1. The van der Waals surface area contributed by atoms with E-state index in [1.807, 2.05) is 40.7 Å². The lowest BCUT2D eigenvalue weighted by Gasteiger charge is -2.11. The number of thioether (sulfide) groups is 1. The second-order valence-corrected chi connectivity index (χ2v) is 6.37. The van der Waals surface area contributed by atoms with Crippen molar-refractivity contribution < 1.29 is 9.32 Å². The molecule has 118 valence electrons. The highest BCUT2D eigenvalue weighted by molar-refractivity contribution is 7.99. The lowest BCUT2D eigenvalue weighted by Crippen LogP contribution is -2.16. The third-order valence-electron chi connectivity index (χ3n) is 3.45. The van der Waals surface area contributed by atoms with E-state index in [0.29, 0.717) is 5.75 Å². The Bertz CT molecular complexity index is 652. The third kappa shape index (κ3) is 3.88. The summed E-state index contributed by atoms with van der Waals surface area (Å²) in [4.78, 5) is 16.5. The predicted molar refractivity (Wildman–Crippen MR) is 89.2 cm³/mol. The molecule has 1 N–H and O–H groups in total. The van der Waals surface area contributed by atoms with E-state index in [0.717, 1.165) is 45.4 Å². The molecule has 2 aromatic rings. The topological polar surface area (TPSA) is 68.0 Å². The number of carbonyl (C=O) groups excluding carboxylic acids is 1. The van der Waals surface area contributed by atoms with Gasteiger partial charge < -0.3 is 9.84 Å². The number of pyridine rings is 1. The molecule has 0 aliphatic rings. The average Bonchev–Trinajstić information content (AvgIpc) is 2.74. The largest absolute Gasteiger partial charge is 0.361 e. The Morgan fingerprint density at radius 2 is 1.95 bits per heavy atom. The van der Waals surface area contributed by atoms with Crippen LogP contribution in [0.1, 0.15) is 34.0 Å². The molecule has 2 heterocycles. The zero-order valence-corrected chi connectivity index (χ0v) is 14.4. The van der Waals surface area contributed by atoms with E-state index >= 15 is 0 Å². The normalized spacial score (nSPS) is 10.8. The molecule has 2 rings (SSSR count). The van der Waals surface area contributed by atoms with Gasteiger partial charge in [0, 0.05) is 17.0 Å². The Morgan fingerprint density at radius 3 is 2.55 bits per heavy atom. The summed E-state index contributed by atoms with van der Waals surface area (Å²) < 4.78 is 5.12. The van der Waals surface area contributed by atoms with Crippen molar-refractivity contribution in [2.24, 2.45) is 0 Å². The van der Waals surface area contributed by atoms with Crippen LogP contribution in [-0.2, 0) is 10.5 Å². The van der Waals surface area contributed by atoms with Gasteiger partial charge in [-0.15, -0.1) is 11.8 Å². The van der Waals surface area contributed by atoms with E-state index in [1.165, 1.54) is 0 Å². The summed E-state index contributed by atoms with van der Waals surface area (Å²) in [6.07, 6.45) is 0. The summed E-state index contributed by atoms with van der Waals surface area (Å²) in [6, 6.07) is 1.97. The van der Waals surface area contributed by atoms with E-state index < -0.39 is 0 Å². The maximum atomic E-state index is 12.1. The van der Waals surface area contributed by atoms with Crippen molar-refractivity contribution in [1.82, 2.24) is 10.1 Å². The molecule has 0 saturated heterocycles. The summed E-state index contributed by atoms with van der Waals surface area (Å²) in [5.41, 5.74) is 5.62. The highest BCUT2D eigenvalue weighted by Gasteiger charge is 2.12. The van der Waals surface area contributed by atoms with E-state index in [2.05, 4.69) is 15.5 Å². The number of nitrogens with one attached hydrogen (secondary N) is 1. The van der Waals surface area contributed by atoms with Crippen LogP contribution in [0.5, 0.6) is 0 Å².